The Hall–Kier alpha value is -4.20. The van der Waals surface area contributed by atoms with Crippen molar-refractivity contribution >= 4 is 29.1 Å². The van der Waals surface area contributed by atoms with Gasteiger partial charge in [0.25, 0.3) is 0 Å². The number of rotatable bonds is 5. The third kappa shape index (κ3) is 3.46. The summed E-state index contributed by atoms with van der Waals surface area (Å²) in [7, 11) is 0. The number of para-hydroxylation sites is 1. The van der Waals surface area contributed by atoms with Crippen LogP contribution in [0.1, 0.15) is 11.1 Å². The van der Waals surface area contributed by atoms with Gasteiger partial charge in [0.05, 0.1) is 12.8 Å². The predicted molar refractivity (Wildman–Crippen MR) is 111 cm³/mol. The molecule has 8 nitrogen and oxygen atoms in total. The van der Waals surface area contributed by atoms with Gasteiger partial charge in [-0.3, -0.25) is 14.8 Å². The molecule has 2 aromatic carbocycles. The Labute approximate surface area is 171 Å². The Morgan fingerprint density at radius 3 is 2.67 bits per heavy atom. The van der Waals surface area contributed by atoms with Crippen molar-refractivity contribution in [3.8, 4) is 11.5 Å². The lowest BCUT2D eigenvalue weighted by Gasteiger charge is -2.03. The first-order chi connectivity index (χ1) is 14.7. The van der Waals surface area contributed by atoms with E-state index >= 15 is 0 Å². The average molecular weight is 399 g/mol. The molecule has 0 atom stereocenters. The van der Waals surface area contributed by atoms with Crippen LogP contribution in [-0.2, 0) is 11.3 Å². The Morgan fingerprint density at radius 2 is 1.90 bits per heavy atom. The minimum absolute atomic E-state index is 0.104. The maximum Gasteiger partial charge on any atom is 0.344 e. The minimum Gasteiger partial charge on any atom is -0.454 e. The number of hydrogen-bond acceptors (Lipinski definition) is 5. The third-order valence-corrected chi connectivity index (χ3v) is 4.75. The summed E-state index contributed by atoms with van der Waals surface area (Å²) in [5, 5.41) is 13.1. The number of imide groups is 1. The highest BCUT2D eigenvalue weighted by atomic mass is 16.3. The second-order valence-corrected chi connectivity index (χ2v) is 6.92. The zero-order chi connectivity index (χ0) is 20.5. The number of nitrogens with one attached hydrogen (secondary N) is 1. The average Bonchev–Trinajstić information content (AvgIpc) is 3.43. The topological polar surface area (TPSA) is 92.7 Å². The molecule has 5 rings (SSSR count). The summed E-state index contributed by atoms with van der Waals surface area (Å²) in [5.74, 6) is 0.223. The fourth-order valence-corrected chi connectivity index (χ4v) is 3.33. The summed E-state index contributed by atoms with van der Waals surface area (Å²) in [6.07, 6.45) is 3.37. The van der Waals surface area contributed by atoms with Crippen LogP contribution in [0.15, 0.2) is 76.4 Å². The van der Waals surface area contributed by atoms with E-state index in [4.69, 9.17) is 9.52 Å². The lowest BCUT2D eigenvalue weighted by molar-refractivity contribution is -0.118. The van der Waals surface area contributed by atoms with Gasteiger partial charge >= 0.3 is 6.03 Å². The zero-order valence-corrected chi connectivity index (χ0v) is 15.9. The van der Waals surface area contributed by atoms with Crippen molar-refractivity contribution in [1.29, 1.82) is 0 Å². The molecule has 148 valence electrons. The second-order valence-electron chi connectivity index (χ2n) is 6.92. The molecule has 0 unspecified atom stereocenters. The van der Waals surface area contributed by atoms with Crippen molar-refractivity contribution in [1.82, 2.24) is 20.1 Å². The molecular formula is C22H17N5O3. The molecule has 8 heteroatoms. The van der Waals surface area contributed by atoms with Crippen LogP contribution in [0.3, 0.4) is 0 Å². The molecule has 1 aliphatic heterocycles. The number of hydrazone groups is 1. The third-order valence-electron chi connectivity index (χ3n) is 4.75. The van der Waals surface area contributed by atoms with Gasteiger partial charge in [0.2, 0.25) is 5.91 Å². The molecule has 3 heterocycles. The van der Waals surface area contributed by atoms with E-state index in [2.05, 4.69) is 10.4 Å². The lowest BCUT2D eigenvalue weighted by atomic mass is 10.2. The maximum absolute atomic E-state index is 11.8. The van der Waals surface area contributed by atoms with E-state index in [0.717, 1.165) is 21.5 Å². The van der Waals surface area contributed by atoms with Gasteiger partial charge in [-0.25, -0.2) is 9.80 Å². The van der Waals surface area contributed by atoms with E-state index in [1.165, 1.54) is 6.21 Å². The molecule has 1 fully saturated rings. The van der Waals surface area contributed by atoms with Crippen molar-refractivity contribution in [2.45, 2.75) is 6.54 Å². The highest BCUT2D eigenvalue weighted by Gasteiger charge is 2.26. The number of carbonyl (C=O) groups is 2. The number of fused-ring (bicyclic) bond motifs is 1. The summed E-state index contributed by atoms with van der Waals surface area (Å²) in [6.45, 7) is 0.470. The molecule has 0 radical (unpaired) electrons. The number of hydrogen-bond donors (Lipinski definition) is 1. The Kier molecular flexibility index (Phi) is 4.36. The number of furan rings is 1. The van der Waals surface area contributed by atoms with Gasteiger partial charge in [0, 0.05) is 17.1 Å². The van der Waals surface area contributed by atoms with Crippen LogP contribution in [-0.4, -0.2) is 39.5 Å². The number of aromatic nitrogens is 2. The molecule has 1 aliphatic rings. The molecule has 3 amide bonds. The standard InChI is InChI=1S/C22H17N5O3/c28-20-14-27(22(29)24-20)23-11-17-13-26(12-15-6-2-1-3-7-15)25-21(17)19-10-16-8-4-5-9-18(16)30-19/h1-11,13H,12,14H2,(H,24,28,29)/b23-11-. The normalized spacial score (nSPS) is 14.2. The van der Waals surface area contributed by atoms with Crippen molar-refractivity contribution in [3.05, 3.63) is 78.0 Å². The largest absolute Gasteiger partial charge is 0.454 e. The van der Waals surface area contributed by atoms with E-state index in [9.17, 15) is 9.59 Å². The summed E-state index contributed by atoms with van der Waals surface area (Å²) >= 11 is 0. The Bertz CT molecular complexity index is 1240. The van der Waals surface area contributed by atoms with E-state index < -0.39 is 6.03 Å². The summed E-state index contributed by atoms with van der Waals surface area (Å²) in [6, 6.07) is 19.1. The van der Waals surface area contributed by atoms with Crippen LogP contribution in [0.5, 0.6) is 0 Å². The maximum atomic E-state index is 11.8. The quantitative estimate of drug-likeness (QED) is 0.412. The van der Waals surface area contributed by atoms with Gasteiger partial charge in [0.15, 0.2) is 5.76 Å². The van der Waals surface area contributed by atoms with Crippen molar-refractivity contribution < 1.29 is 14.0 Å². The van der Waals surface area contributed by atoms with Gasteiger partial charge in [0.1, 0.15) is 17.8 Å². The number of amides is 3. The summed E-state index contributed by atoms with van der Waals surface area (Å²) in [4.78, 5) is 23.2. The van der Waals surface area contributed by atoms with Crippen molar-refractivity contribution in [3.63, 3.8) is 0 Å². The minimum atomic E-state index is -0.543. The highest BCUT2D eigenvalue weighted by Crippen LogP contribution is 2.28. The van der Waals surface area contributed by atoms with Crippen molar-refractivity contribution in [2.75, 3.05) is 6.54 Å². The molecule has 1 N–H and O–H groups in total. The summed E-state index contributed by atoms with van der Waals surface area (Å²) in [5.41, 5.74) is 3.15. The molecular weight excluding hydrogens is 382 g/mol. The molecule has 0 spiro atoms. The molecule has 0 bridgehead atoms. The smallest absolute Gasteiger partial charge is 0.344 e. The monoisotopic (exact) mass is 399 g/mol. The van der Waals surface area contributed by atoms with E-state index in [1.807, 2.05) is 66.9 Å². The molecule has 30 heavy (non-hydrogen) atoms. The predicted octanol–water partition coefficient (Wildman–Crippen LogP) is 3.23. The van der Waals surface area contributed by atoms with Crippen LogP contribution < -0.4 is 5.32 Å². The fourth-order valence-electron chi connectivity index (χ4n) is 3.33. The van der Waals surface area contributed by atoms with Crippen LogP contribution in [0.2, 0.25) is 0 Å². The summed E-state index contributed by atoms with van der Waals surface area (Å²) < 4.78 is 7.78. The number of carbonyl (C=O) groups excluding carboxylic acids is 2. The van der Waals surface area contributed by atoms with Gasteiger partial charge in [-0.1, -0.05) is 48.5 Å². The number of benzene rings is 2. The Morgan fingerprint density at radius 1 is 1.10 bits per heavy atom. The molecule has 1 saturated heterocycles. The molecule has 0 aliphatic carbocycles. The van der Waals surface area contributed by atoms with Gasteiger partial charge in [-0.2, -0.15) is 10.2 Å². The van der Waals surface area contributed by atoms with Crippen LogP contribution in [0.4, 0.5) is 4.79 Å². The molecule has 4 aromatic rings. The zero-order valence-electron chi connectivity index (χ0n) is 15.9. The van der Waals surface area contributed by atoms with E-state index in [0.29, 0.717) is 23.6 Å². The SMILES string of the molecule is O=C1CN(/N=C\c2cn(Cc3ccccc3)nc2-c2cc3ccccc3o2)C(=O)N1. The number of nitrogens with zero attached hydrogens (tertiary/aromatic N) is 4. The first-order valence-corrected chi connectivity index (χ1v) is 9.41. The van der Waals surface area contributed by atoms with Gasteiger partial charge in [-0.05, 0) is 17.7 Å². The van der Waals surface area contributed by atoms with Crippen LogP contribution in [0, 0.1) is 0 Å². The van der Waals surface area contributed by atoms with Crippen molar-refractivity contribution in [2.24, 2.45) is 5.10 Å². The van der Waals surface area contributed by atoms with Crippen LogP contribution >= 0.6 is 0 Å². The molecule has 2 aromatic heterocycles. The fraction of sp³-hybridized carbons (Fsp3) is 0.0909. The highest BCUT2D eigenvalue weighted by molar-refractivity contribution is 6.02. The lowest BCUT2D eigenvalue weighted by Crippen LogP contribution is -2.24. The van der Waals surface area contributed by atoms with Gasteiger partial charge in [-0.15, -0.1) is 0 Å². The Balaban J connectivity index is 1.53. The van der Waals surface area contributed by atoms with Crippen LogP contribution in [0.25, 0.3) is 22.4 Å². The van der Waals surface area contributed by atoms with Gasteiger partial charge < -0.3 is 4.42 Å². The first-order valence-electron chi connectivity index (χ1n) is 9.41. The molecule has 0 saturated carbocycles. The number of urea groups is 1. The second kappa shape index (κ2) is 7.32. The van der Waals surface area contributed by atoms with E-state index in [1.54, 1.807) is 4.68 Å². The van der Waals surface area contributed by atoms with E-state index in [-0.39, 0.29) is 12.5 Å². The first kappa shape index (κ1) is 17.9.